The highest BCUT2D eigenvalue weighted by Crippen LogP contribution is 2.36. The van der Waals surface area contributed by atoms with Gasteiger partial charge in [-0.2, -0.15) is 0 Å². The van der Waals surface area contributed by atoms with Crippen LogP contribution in [0.4, 0.5) is 0 Å². The molecule has 4 aromatic carbocycles. The minimum Gasteiger partial charge on any atom is -0.496 e. The molecule has 2 N–H and O–H groups in total. The summed E-state index contributed by atoms with van der Waals surface area (Å²) in [6.45, 7) is 6.10. The molecule has 2 heterocycles. The van der Waals surface area contributed by atoms with Gasteiger partial charge in [-0.1, -0.05) is 48.5 Å². The molecule has 1 aliphatic rings. The zero-order valence-corrected chi connectivity index (χ0v) is 22.7. The lowest BCUT2D eigenvalue weighted by atomic mass is 9.93. The number of aryl methyl sites for hydroxylation is 1. The first kappa shape index (κ1) is 25.1. The van der Waals surface area contributed by atoms with Crippen molar-refractivity contribution in [1.29, 1.82) is 0 Å². The molecule has 1 aliphatic heterocycles. The lowest BCUT2D eigenvalue weighted by Crippen LogP contribution is -2.30. The van der Waals surface area contributed by atoms with Crippen LogP contribution in [0.2, 0.25) is 0 Å². The van der Waals surface area contributed by atoms with Crippen molar-refractivity contribution < 1.29 is 14.2 Å². The summed E-state index contributed by atoms with van der Waals surface area (Å²) in [6.07, 6.45) is 0.965. The van der Waals surface area contributed by atoms with Crippen molar-refractivity contribution in [3.8, 4) is 17.2 Å². The maximum absolute atomic E-state index is 6.25. The molecular formula is C34H34N2O3. The van der Waals surface area contributed by atoms with Crippen molar-refractivity contribution in [3.63, 3.8) is 0 Å². The Morgan fingerprint density at radius 3 is 2.54 bits per heavy atom. The Bertz CT molecular complexity index is 1610. The van der Waals surface area contributed by atoms with Gasteiger partial charge in [0, 0.05) is 28.7 Å². The molecule has 0 bridgehead atoms. The predicted octanol–water partition coefficient (Wildman–Crippen LogP) is 7.19. The number of benzene rings is 4. The van der Waals surface area contributed by atoms with Gasteiger partial charge < -0.3 is 24.5 Å². The predicted molar refractivity (Wildman–Crippen MR) is 156 cm³/mol. The van der Waals surface area contributed by atoms with E-state index in [1.54, 1.807) is 7.11 Å². The molecule has 6 rings (SSSR count). The maximum Gasteiger partial charge on any atom is 0.125 e. The van der Waals surface area contributed by atoms with Gasteiger partial charge in [0.1, 0.15) is 30.5 Å². The van der Waals surface area contributed by atoms with Gasteiger partial charge in [0.15, 0.2) is 0 Å². The molecule has 0 saturated carbocycles. The quantitative estimate of drug-likeness (QED) is 0.228. The van der Waals surface area contributed by atoms with Gasteiger partial charge in [-0.15, -0.1) is 0 Å². The zero-order valence-electron chi connectivity index (χ0n) is 22.7. The van der Waals surface area contributed by atoms with E-state index in [2.05, 4.69) is 66.6 Å². The third-order valence-electron chi connectivity index (χ3n) is 7.75. The number of hydrogen-bond acceptors (Lipinski definition) is 4. The van der Waals surface area contributed by atoms with E-state index in [4.69, 9.17) is 14.2 Å². The first-order chi connectivity index (χ1) is 19.1. The highest BCUT2D eigenvalue weighted by molar-refractivity contribution is 5.86. The summed E-state index contributed by atoms with van der Waals surface area (Å²) in [5.74, 6) is 2.62. The largest absolute Gasteiger partial charge is 0.496 e. The summed E-state index contributed by atoms with van der Waals surface area (Å²) in [6, 6.07) is 29.2. The molecule has 0 spiro atoms. The van der Waals surface area contributed by atoms with Crippen LogP contribution in [0.3, 0.4) is 0 Å². The highest BCUT2D eigenvalue weighted by Gasteiger charge is 2.26. The number of aromatic nitrogens is 1. The molecule has 0 radical (unpaired) electrons. The smallest absolute Gasteiger partial charge is 0.125 e. The van der Waals surface area contributed by atoms with Gasteiger partial charge in [-0.3, -0.25) is 0 Å². The van der Waals surface area contributed by atoms with Crippen molar-refractivity contribution in [2.75, 3.05) is 13.7 Å². The normalized spacial score (nSPS) is 14.7. The molecule has 0 fully saturated rings. The first-order valence-corrected chi connectivity index (χ1v) is 13.5. The molecule has 0 unspecified atom stereocenters. The van der Waals surface area contributed by atoms with Crippen molar-refractivity contribution >= 4 is 10.9 Å². The molecule has 0 amide bonds. The number of aromatic amines is 1. The second-order valence-electron chi connectivity index (χ2n) is 10.2. The first-order valence-electron chi connectivity index (χ1n) is 13.5. The van der Waals surface area contributed by atoms with E-state index < -0.39 is 0 Å². The van der Waals surface area contributed by atoms with Crippen LogP contribution in [0, 0.1) is 13.8 Å². The van der Waals surface area contributed by atoms with E-state index in [-0.39, 0.29) is 6.04 Å². The number of ether oxygens (including phenoxy) is 3. The van der Waals surface area contributed by atoms with E-state index in [9.17, 15) is 0 Å². The Hall–Kier alpha value is -4.22. The number of fused-ring (bicyclic) bond motifs is 3. The maximum atomic E-state index is 6.25. The molecule has 1 atom stereocenters. The lowest BCUT2D eigenvalue weighted by Gasteiger charge is -2.26. The Kier molecular flexibility index (Phi) is 6.99. The van der Waals surface area contributed by atoms with Crippen LogP contribution >= 0.6 is 0 Å². The molecule has 198 valence electrons. The highest BCUT2D eigenvalue weighted by atomic mass is 16.5. The van der Waals surface area contributed by atoms with E-state index in [1.165, 1.54) is 27.8 Å². The van der Waals surface area contributed by atoms with Crippen LogP contribution in [0.25, 0.3) is 10.9 Å². The molecule has 39 heavy (non-hydrogen) atoms. The fourth-order valence-electron chi connectivity index (χ4n) is 5.45. The third-order valence-corrected chi connectivity index (χ3v) is 7.75. The number of H-pyrrole nitrogens is 1. The summed E-state index contributed by atoms with van der Waals surface area (Å²) in [4.78, 5) is 3.70. The molecule has 0 aliphatic carbocycles. The molecule has 0 saturated heterocycles. The monoisotopic (exact) mass is 518 g/mol. The summed E-state index contributed by atoms with van der Waals surface area (Å²) in [7, 11) is 1.71. The van der Waals surface area contributed by atoms with E-state index in [1.807, 2.05) is 42.5 Å². The Morgan fingerprint density at radius 2 is 1.69 bits per heavy atom. The van der Waals surface area contributed by atoms with Gasteiger partial charge >= 0.3 is 0 Å². The average molecular weight is 519 g/mol. The van der Waals surface area contributed by atoms with Crippen molar-refractivity contribution in [3.05, 3.63) is 124 Å². The fourth-order valence-corrected chi connectivity index (χ4v) is 5.45. The Morgan fingerprint density at radius 1 is 0.821 bits per heavy atom. The standard InChI is InChI=1S/C34H34N2O3/c1-22-8-7-11-31(23(22)2)39-21-26-18-25(12-15-32(26)37-3)33-34-28(16-17-35-33)29-19-27(13-14-30(29)36-34)38-20-24-9-5-4-6-10-24/h4-15,18-19,33,35-36H,16-17,20-21H2,1-3H3/t33-/m1/s1. The van der Waals surface area contributed by atoms with Crippen LogP contribution in [-0.2, 0) is 19.6 Å². The summed E-state index contributed by atoms with van der Waals surface area (Å²) < 4.78 is 18.1. The van der Waals surface area contributed by atoms with Crippen LogP contribution in [0.5, 0.6) is 17.2 Å². The SMILES string of the molecule is COc1ccc([C@H]2NCCc3c2[nH]c2ccc(OCc4ccccc4)cc32)cc1COc1cccc(C)c1C. The molecule has 5 aromatic rings. The molecule has 5 heteroatoms. The minimum absolute atomic E-state index is 0.0557. The number of hydrogen-bond donors (Lipinski definition) is 2. The second-order valence-corrected chi connectivity index (χ2v) is 10.2. The molecule has 1 aromatic heterocycles. The minimum atomic E-state index is 0.0557. The van der Waals surface area contributed by atoms with Crippen molar-refractivity contribution in [2.24, 2.45) is 0 Å². The van der Waals surface area contributed by atoms with Gasteiger partial charge in [0.05, 0.1) is 13.2 Å². The third kappa shape index (κ3) is 5.10. The van der Waals surface area contributed by atoms with Crippen LogP contribution in [-0.4, -0.2) is 18.6 Å². The molecular weight excluding hydrogens is 484 g/mol. The summed E-state index contributed by atoms with van der Waals surface area (Å²) >= 11 is 0. The van der Waals surface area contributed by atoms with Crippen LogP contribution in [0.1, 0.15) is 45.1 Å². The van der Waals surface area contributed by atoms with Gasteiger partial charge in [0.2, 0.25) is 0 Å². The number of methoxy groups -OCH3 is 1. The Balaban J connectivity index is 1.27. The van der Waals surface area contributed by atoms with Crippen LogP contribution < -0.4 is 19.5 Å². The Labute approximate surface area is 229 Å². The summed E-state index contributed by atoms with van der Waals surface area (Å²) in [5, 5.41) is 4.96. The van der Waals surface area contributed by atoms with Gasteiger partial charge in [-0.25, -0.2) is 0 Å². The topological polar surface area (TPSA) is 55.5 Å². The van der Waals surface area contributed by atoms with Crippen molar-refractivity contribution in [1.82, 2.24) is 10.3 Å². The van der Waals surface area contributed by atoms with Gasteiger partial charge in [-0.05, 0) is 84.5 Å². The number of rotatable bonds is 8. The van der Waals surface area contributed by atoms with E-state index in [0.29, 0.717) is 13.2 Å². The van der Waals surface area contributed by atoms with E-state index >= 15 is 0 Å². The number of nitrogens with one attached hydrogen (secondary N) is 2. The zero-order chi connectivity index (χ0) is 26.8. The average Bonchev–Trinajstić information content (AvgIpc) is 3.35. The molecule has 5 nitrogen and oxygen atoms in total. The second kappa shape index (κ2) is 10.9. The van der Waals surface area contributed by atoms with Gasteiger partial charge in [0.25, 0.3) is 0 Å². The fraction of sp³-hybridized carbons (Fsp3) is 0.235. The lowest BCUT2D eigenvalue weighted by molar-refractivity contribution is 0.294. The van der Waals surface area contributed by atoms with E-state index in [0.717, 1.165) is 52.4 Å². The summed E-state index contributed by atoms with van der Waals surface area (Å²) in [5.41, 5.74) is 9.45. The van der Waals surface area contributed by atoms with Crippen molar-refractivity contribution in [2.45, 2.75) is 39.5 Å². The van der Waals surface area contributed by atoms with Crippen LogP contribution in [0.15, 0.2) is 84.9 Å².